The lowest BCUT2D eigenvalue weighted by atomic mass is 9.96. The summed E-state index contributed by atoms with van der Waals surface area (Å²) in [6.45, 7) is 3.53. The number of carboxylic acids is 1. The zero-order valence-corrected chi connectivity index (χ0v) is 12.2. The Bertz CT molecular complexity index is 585. The lowest BCUT2D eigenvalue weighted by molar-refractivity contribution is 0.0695. The van der Waals surface area contributed by atoms with Crippen molar-refractivity contribution in [2.24, 2.45) is 0 Å². The third-order valence-corrected chi connectivity index (χ3v) is 4.51. The fourth-order valence-electron chi connectivity index (χ4n) is 3.40. The maximum absolute atomic E-state index is 12.8. The molecule has 1 unspecified atom stereocenters. The number of aromatic carboxylic acids is 1. The van der Waals surface area contributed by atoms with Gasteiger partial charge in [-0.1, -0.05) is 6.07 Å². The molecule has 0 radical (unpaired) electrons. The normalized spacial score (nSPS) is 21.3. The van der Waals surface area contributed by atoms with E-state index in [0.29, 0.717) is 12.1 Å². The highest BCUT2D eigenvalue weighted by Gasteiger charge is 2.32. The minimum Gasteiger partial charge on any atom is -0.478 e. The average Bonchev–Trinajstić information content (AvgIpc) is 2.91. The van der Waals surface area contributed by atoms with Crippen LogP contribution in [0.4, 0.5) is 10.5 Å². The van der Waals surface area contributed by atoms with E-state index < -0.39 is 5.97 Å². The minimum atomic E-state index is -0.921. The number of likely N-dealkylation sites (tertiary alicyclic amines) is 1. The van der Waals surface area contributed by atoms with Crippen LogP contribution in [0.15, 0.2) is 18.2 Å². The summed E-state index contributed by atoms with van der Waals surface area (Å²) in [6, 6.07) is 5.49. The van der Waals surface area contributed by atoms with Gasteiger partial charge in [0.05, 0.1) is 5.56 Å². The van der Waals surface area contributed by atoms with Crippen LogP contribution in [0.5, 0.6) is 0 Å². The molecule has 2 amide bonds. The van der Waals surface area contributed by atoms with Gasteiger partial charge < -0.3 is 10.0 Å². The molecule has 1 aromatic rings. The van der Waals surface area contributed by atoms with Gasteiger partial charge in [0.2, 0.25) is 0 Å². The van der Waals surface area contributed by atoms with E-state index in [-0.39, 0.29) is 12.1 Å². The first kappa shape index (κ1) is 13.9. The Morgan fingerprint density at radius 2 is 2.05 bits per heavy atom. The molecule has 2 aliphatic rings. The maximum atomic E-state index is 12.8. The van der Waals surface area contributed by atoms with Crippen molar-refractivity contribution in [3.63, 3.8) is 0 Å². The highest BCUT2D eigenvalue weighted by molar-refractivity contribution is 5.97. The van der Waals surface area contributed by atoms with E-state index in [1.807, 2.05) is 11.0 Å². The maximum Gasteiger partial charge on any atom is 0.336 e. The summed E-state index contributed by atoms with van der Waals surface area (Å²) in [7, 11) is 0. The van der Waals surface area contributed by atoms with E-state index in [4.69, 9.17) is 0 Å². The molecular formula is C16H20N2O3. The largest absolute Gasteiger partial charge is 0.478 e. The number of carbonyl (C=O) groups excluding carboxylic acids is 1. The highest BCUT2D eigenvalue weighted by Crippen LogP contribution is 2.32. The SMILES string of the molecule is CC1CCCN1C(=O)N1CCCc2c(C(=O)O)cccc21. The van der Waals surface area contributed by atoms with Crippen molar-refractivity contribution in [1.82, 2.24) is 4.90 Å². The topological polar surface area (TPSA) is 60.9 Å². The number of rotatable bonds is 1. The van der Waals surface area contributed by atoms with Crippen LogP contribution in [-0.2, 0) is 6.42 Å². The molecule has 112 valence electrons. The van der Waals surface area contributed by atoms with Gasteiger partial charge in [-0.05, 0) is 50.3 Å². The van der Waals surface area contributed by atoms with E-state index in [1.54, 1.807) is 17.0 Å². The van der Waals surface area contributed by atoms with Gasteiger partial charge in [-0.3, -0.25) is 4.90 Å². The summed E-state index contributed by atoms with van der Waals surface area (Å²) < 4.78 is 0. The number of hydrogen-bond acceptors (Lipinski definition) is 2. The number of carbonyl (C=O) groups is 2. The molecule has 0 bridgehead atoms. The monoisotopic (exact) mass is 288 g/mol. The number of amides is 2. The lowest BCUT2D eigenvalue weighted by Crippen LogP contribution is -2.47. The first-order valence-electron chi connectivity index (χ1n) is 7.53. The molecule has 5 nitrogen and oxygen atoms in total. The summed E-state index contributed by atoms with van der Waals surface area (Å²) in [5, 5.41) is 9.31. The Kier molecular flexibility index (Phi) is 3.57. The van der Waals surface area contributed by atoms with E-state index in [2.05, 4.69) is 6.92 Å². The molecular weight excluding hydrogens is 268 g/mol. The van der Waals surface area contributed by atoms with Crippen molar-refractivity contribution < 1.29 is 14.7 Å². The molecule has 1 saturated heterocycles. The molecule has 5 heteroatoms. The number of urea groups is 1. The van der Waals surface area contributed by atoms with Crippen molar-refractivity contribution in [1.29, 1.82) is 0 Å². The molecule has 0 spiro atoms. The predicted molar refractivity (Wildman–Crippen MR) is 79.9 cm³/mol. The van der Waals surface area contributed by atoms with Crippen molar-refractivity contribution in [2.45, 2.75) is 38.6 Å². The third kappa shape index (κ3) is 2.37. The third-order valence-electron chi connectivity index (χ3n) is 4.51. The number of carboxylic acid groups (broad SMARTS) is 1. The number of hydrogen-bond donors (Lipinski definition) is 1. The molecule has 1 fully saturated rings. The van der Waals surface area contributed by atoms with Gasteiger partial charge in [-0.15, -0.1) is 0 Å². The highest BCUT2D eigenvalue weighted by atomic mass is 16.4. The zero-order chi connectivity index (χ0) is 15.0. The summed E-state index contributed by atoms with van der Waals surface area (Å²) in [6.07, 6.45) is 3.62. The van der Waals surface area contributed by atoms with Crippen LogP contribution >= 0.6 is 0 Å². The quantitative estimate of drug-likeness (QED) is 0.864. The van der Waals surface area contributed by atoms with Gasteiger partial charge in [-0.25, -0.2) is 9.59 Å². The zero-order valence-electron chi connectivity index (χ0n) is 12.2. The van der Waals surface area contributed by atoms with Gasteiger partial charge in [-0.2, -0.15) is 0 Å². The smallest absolute Gasteiger partial charge is 0.336 e. The minimum absolute atomic E-state index is 0.0171. The van der Waals surface area contributed by atoms with Crippen molar-refractivity contribution in [3.05, 3.63) is 29.3 Å². The molecule has 0 saturated carbocycles. The summed E-state index contributed by atoms with van der Waals surface area (Å²) in [4.78, 5) is 27.8. The van der Waals surface area contributed by atoms with E-state index in [0.717, 1.165) is 43.5 Å². The molecule has 1 atom stereocenters. The van der Waals surface area contributed by atoms with Crippen LogP contribution in [0.1, 0.15) is 42.1 Å². The standard InChI is InChI=1S/C16H20N2O3/c1-11-5-3-9-17(11)16(21)18-10-4-7-12-13(15(19)20)6-2-8-14(12)18/h2,6,8,11H,3-5,7,9-10H2,1H3,(H,19,20). The number of anilines is 1. The van der Waals surface area contributed by atoms with E-state index >= 15 is 0 Å². The number of benzene rings is 1. The second-order valence-electron chi connectivity index (χ2n) is 5.83. The second-order valence-corrected chi connectivity index (χ2v) is 5.83. The Hall–Kier alpha value is -2.04. The molecule has 2 aliphatic heterocycles. The fraction of sp³-hybridized carbons (Fsp3) is 0.500. The van der Waals surface area contributed by atoms with Gasteiger partial charge >= 0.3 is 12.0 Å². The Labute approximate surface area is 124 Å². The van der Waals surface area contributed by atoms with Crippen LogP contribution in [0, 0.1) is 0 Å². The first-order valence-corrected chi connectivity index (χ1v) is 7.53. The van der Waals surface area contributed by atoms with Crippen LogP contribution in [-0.4, -0.2) is 41.1 Å². The van der Waals surface area contributed by atoms with E-state index in [1.165, 1.54) is 0 Å². The van der Waals surface area contributed by atoms with Crippen LogP contribution in [0.2, 0.25) is 0 Å². The molecule has 0 aliphatic carbocycles. The molecule has 1 N–H and O–H groups in total. The fourth-order valence-corrected chi connectivity index (χ4v) is 3.40. The Balaban J connectivity index is 1.95. The number of nitrogens with zero attached hydrogens (tertiary/aromatic N) is 2. The summed E-state index contributed by atoms with van der Waals surface area (Å²) >= 11 is 0. The van der Waals surface area contributed by atoms with Crippen LogP contribution < -0.4 is 4.90 Å². The van der Waals surface area contributed by atoms with E-state index in [9.17, 15) is 14.7 Å². The van der Waals surface area contributed by atoms with Gasteiger partial charge in [0.1, 0.15) is 0 Å². The van der Waals surface area contributed by atoms with Gasteiger partial charge in [0.25, 0.3) is 0 Å². The van der Waals surface area contributed by atoms with Gasteiger partial charge in [0.15, 0.2) is 0 Å². The molecule has 3 rings (SSSR count). The van der Waals surface area contributed by atoms with Crippen molar-refractivity contribution >= 4 is 17.7 Å². The van der Waals surface area contributed by atoms with Crippen molar-refractivity contribution in [2.75, 3.05) is 18.0 Å². The Morgan fingerprint density at radius 3 is 2.71 bits per heavy atom. The summed E-state index contributed by atoms with van der Waals surface area (Å²) in [5.74, 6) is -0.921. The lowest BCUT2D eigenvalue weighted by Gasteiger charge is -2.34. The Morgan fingerprint density at radius 1 is 1.24 bits per heavy atom. The summed E-state index contributed by atoms with van der Waals surface area (Å²) in [5.41, 5.74) is 1.88. The van der Waals surface area contributed by atoms with Crippen LogP contribution in [0.3, 0.4) is 0 Å². The van der Waals surface area contributed by atoms with Crippen LogP contribution in [0.25, 0.3) is 0 Å². The molecule has 2 heterocycles. The molecule has 21 heavy (non-hydrogen) atoms. The van der Waals surface area contributed by atoms with Gasteiger partial charge in [0, 0.05) is 24.8 Å². The molecule has 0 aromatic heterocycles. The predicted octanol–water partition coefficient (Wildman–Crippen LogP) is 2.74. The molecule has 1 aromatic carbocycles. The first-order chi connectivity index (χ1) is 10.1. The van der Waals surface area contributed by atoms with Crippen molar-refractivity contribution in [3.8, 4) is 0 Å². The number of fused-ring (bicyclic) bond motifs is 1. The average molecular weight is 288 g/mol. The second kappa shape index (κ2) is 5.39.